The van der Waals surface area contributed by atoms with E-state index in [2.05, 4.69) is 27.7 Å². The lowest BCUT2D eigenvalue weighted by atomic mass is 10.1. The molecule has 0 aromatic rings. The van der Waals surface area contributed by atoms with Crippen LogP contribution in [0, 0.1) is 0 Å². The molecule has 0 radical (unpaired) electrons. The molecule has 0 bridgehead atoms. The topological polar surface area (TPSA) is 0 Å². The Balaban J connectivity index is 0. The molecule has 0 spiro atoms. The Morgan fingerprint density at radius 1 is 0.588 bits per heavy atom. The molecule has 0 aromatic carbocycles. The van der Waals surface area contributed by atoms with Crippen LogP contribution in [-0.2, 0) is 0 Å². The number of halogens is 1. The summed E-state index contributed by atoms with van der Waals surface area (Å²) in [5, 5.41) is 0. The molecule has 0 aliphatic rings. The van der Waals surface area contributed by atoms with E-state index in [1.165, 1.54) is 63.4 Å². The van der Waals surface area contributed by atoms with Gasteiger partial charge >= 0.3 is 0 Å². The molecule has 0 saturated heterocycles. The van der Waals surface area contributed by atoms with Crippen molar-refractivity contribution >= 4 is 7.26 Å². The highest BCUT2D eigenvalue weighted by atomic mass is 79.9. The molecule has 0 amide bonds. The third kappa shape index (κ3) is 9.48. The second-order valence-corrected chi connectivity index (χ2v) is 10.2. The molecule has 106 valence electrons. The van der Waals surface area contributed by atoms with Crippen LogP contribution in [0.1, 0.15) is 72.6 Å². The first kappa shape index (κ1) is 20.2. The SMILES string of the molecule is CCCCCCCCC[P+](CC)(CC)CC.[Br-]. The average Bonchev–Trinajstić information content (AvgIpc) is 2.34. The summed E-state index contributed by atoms with van der Waals surface area (Å²) >= 11 is 0. The Kier molecular flexibility index (Phi) is 15.9. The highest BCUT2D eigenvalue weighted by Gasteiger charge is 2.29. The lowest BCUT2D eigenvalue weighted by Crippen LogP contribution is -3.00. The molecule has 0 nitrogen and oxygen atoms in total. The van der Waals surface area contributed by atoms with Gasteiger partial charge in [0.2, 0.25) is 0 Å². The van der Waals surface area contributed by atoms with Crippen molar-refractivity contribution in [1.29, 1.82) is 0 Å². The molecule has 0 aliphatic carbocycles. The number of hydrogen-bond donors (Lipinski definition) is 0. The van der Waals surface area contributed by atoms with Crippen LogP contribution < -0.4 is 17.0 Å². The van der Waals surface area contributed by atoms with Crippen LogP contribution >= 0.6 is 7.26 Å². The third-order valence-electron chi connectivity index (χ3n) is 4.25. The van der Waals surface area contributed by atoms with E-state index in [1.807, 2.05) is 0 Å². The van der Waals surface area contributed by atoms with Gasteiger partial charge in [-0.2, -0.15) is 0 Å². The summed E-state index contributed by atoms with van der Waals surface area (Å²) in [6.07, 6.45) is 16.3. The van der Waals surface area contributed by atoms with Crippen LogP contribution in [0.4, 0.5) is 0 Å². The highest BCUT2D eigenvalue weighted by molar-refractivity contribution is 7.75. The molecule has 0 saturated carbocycles. The minimum Gasteiger partial charge on any atom is -1.00 e. The second-order valence-electron chi connectivity index (χ2n) is 5.14. The van der Waals surface area contributed by atoms with Crippen LogP contribution in [0.2, 0.25) is 0 Å². The smallest absolute Gasteiger partial charge is 0.0594 e. The summed E-state index contributed by atoms with van der Waals surface area (Å²) < 4.78 is 0. The van der Waals surface area contributed by atoms with Crippen molar-refractivity contribution in [3.8, 4) is 0 Å². The molecule has 0 rings (SSSR count). The molecule has 0 fully saturated rings. The van der Waals surface area contributed by atoms with E-state index in [0.717, 1.165) is 0 Å². The summed E-state index contributed by atoms with van der Waals surface area (Å²) in [7, 11) is -0.500. The minimum atomic E-state index is -0.500. The van der Waals surface area contributed by atoms with Gasteiger partial charge in [-0.15, -0.1) is 0 Å². The summed E-state index contributed by atoms with van der Waals surface area (Å²) in [6, 6.07) is 0. The molecular formula is C15H34BrP. The number of hydrogen-bond acceptors (Lipinski definition) is 0. The van der Waals surface area contributed by atoms with Gasteiger partial charge in [-0.05, 0) is 33.6 Å². The number of rotatable bonds is 11. The second kappa shape index (κ2) is 13.3. The first-order valence-electron chi connectivity index (χ1n) is 7.59. The van der Waals surface area contributed by atoms with Crippen LogP contribution in [0.15, 0.2) is 0 Å². The van der Waals surface area contributed by atoms with Crippen LogP contribution in [0.3, 0.4) is 0 Å². The average molecular weight is 325 g/mol. The molecule has 0 aromatic heterocycles. The lowest BCUT2D eigenvalue weighted by Gasteiger charge is -2.23. The predicted molar refractivity (Wildman–Crippen MR) is 81.4 cm³/mol. The first-order chi connectivity index (χ1) is 7.74. The van der Waals surface area contributed by atoms with E-state index in [4.69, 9.17) is 0 Å². The van der Waals surface area contributed by atoms with Crippen molar-refractivity contribution in [2.45, 2.75) is 72.6 Å². The van der Waals surface area contributed by atoms with Gasteiger partial charge in [0.05, 0.1) is 24.6 Å². The predicted octanol–water partition coefficient (Wildman–Crippen LogP) is 2.82. The molecule has 0 N–H and O–H groups in total. The fraction of sp³-hybridized carbons (Fsp3) is 1.00. The molecule has 0 aliphatic heterocycles. The Labute approximate surface area is 121 Å². The van der Waals surface area contributed by atoms with Crippen molar-refractivity contribution in [3.05, 3.63) is 0 Å². The zero-order chi connectivity index (χ0) is 12.3. The van der Waals surface area contributed by atoms with E-state index >= 15 is 0 Å². The van der Waals surface area contributed by atoms with Crippen molar-refractivity contribution in [3.63, 3.8) is 0 Å². The fourth-order valence-electron chi connectivity index (χ4n) is 2.55. The first-order valence-corrected chi connectivity index (χ1v) is 10.1. The maximum absolute atomic E-state index is 2.42. The summed E-state index contributed by atoms with van der Waals surface area (Å²) in [4.78, 5) is 0. The van der Waals surface area contributed by atoms with E-state index in [-0.39, 0.29) is 17.0 Å². The van der Waals surface area contributed by atoms with Gasteiger partial charge in [0.1, 0.15) is 0 Å². The third-order valence-corrected chi connectivity index (χ3v) is 9.54. The van der Waals surface area contributed by atoms with Crippen molar-refractivity contribution < 1.29 is 17.0 Å². The summed E-state index contributed by atoms with van der Waals surface area (Å²) in [5.41, 5.74) is 0. The summed E-state index contributed by atoms with van der Waals surface area (Å²) in [5.74, 6) is 0. The fourth-order valence-corrected chi connectivity index (χ4v) is 5.73. The number of unbranched alkanes of at least 4 members (excludes halogenated alkanes) is 6. The minimum absolute atomic E-state index is 0. The van der Waals surface area contributed by atoms with E-state index < -0.39 is 7.26 Å². The van der Waals surface area contributed by atoms with Gasteiger partial charge in [0.25, 0.3) is 0 Å². The van der Waals surface area contributed by atoms with Crippen LogP contribution in [-0.4, -0.2) is 24.6 Å². The normalized spacial score (nSPS) is 11.3. The van der Waals surface area contributed by atoms with Crippen molar-refractivity contribution in [2.75, 3.05) is 24.6 Å². The maximum Gasteiger partial charge on any atom is 0.0594 e. The van der Waals surface area contributed by atoms with Crippen molar-refractivity contribution in [1.82, 2.24) is 0 Å². The lowest BCUT2D eigenvalue weighted by molar-refractivity contribution is -0.00000377. The molecule has 0 unspecified atom stereocenters. The van der Waals surface area contributed by atoms with Gasteiger partial charge in [-0.1, -0.05) is 39.0 Å². The van der Waals surface area contributed by atoms with Gasteiger partial charge in [-0.25, -0.2) is 0 Å². The molecule has 0 heterocycles. The molecule has 17 heavy (non-hydrogen) atoms. The monoisotopic (exact) mass is 324 g/mol. The van der Waals surface area contributed by atoms with E-state index in [9.17, 15) is 0 Å². The largest absolute Gasteiger partial charge is 1.00 e. The molecule has 0 atom stereocenters. The van der Waals surface area contributed by atoms with E-state index in [0.29, 0.717) is 0 Å². The quantitative estimate of drug-likeness (QED) is 0.405. The maximum atomic E-state index is 2.42. The summed E-state index contributed by atoms with van der Waals surface area (Å²) in [6.45, 7) is 9.55. The zero-order valence-electron chi connectivity index (χ0n) is 12.6. The van der Waals surface area contributed by atoms with Gasteiger partial charge in [0, 0.05) is 7.26 Å². The van der Waals surface area contributed by atoms with Crippen LogP contribution in [0.5, 0.6) is 0 Å². The van der Waals surface area contributed by atoms with Crippen molar-refractivity contribution in [2.24, 2.45) is 0 Å². The Bertz CT molecular complexity index is 136. The van der Waals surface area contributed by atoms with Gasteiger partial charge in [0.15, 0.2) is 0 Å². The highest BCUT2D eigenvalue weighted by Crippen LogP contribution is 2.58. The molecule has 2 heteroatoms. The van der Waals surface area contributed by atoms with Gasteiger partial charge in [-0.3, -0.25) is 0 Å². The Morgan fingerprint density at radius 2 is 1.00 bits per heavy atom. The molecular weight excluding hydrogens is 291 g/mol. The van der Waals surface area contributed by atoms with E-state index in [1.54, 1.807) is 6.16 Å². The van der Waals surface area contributed by atoms with Crippen LogP contribution in [0.25, 0.3) is 0 Å². The standard InChI is InChI=1S/C15H34P.BrH/c1-5-9-10-11-12-13-14-15-16(6-2,7-3)8-4;/h5-15H2,1-4H3;1H/q+1;/p-1. The Morgan fingerprint density at radius 3 is 1.41 bits per heavy atom. The zero-order valence-corrected chi connectivity index (χ0v) is 15.1. The Hall–Kier alpha value is 0.910. The van der Waals surface area contributed by atoms with Gasteiger partial charge < -0.3 is 17.0 Å².